The molecule has 1 aliphatic rings. The maximum Gasteiger partial charge on any atom is 0.308 e. The van der Waals surface area contributed by atoms with Crippen LogP contribution in [0, 0.1) is 5.92 Å². The highest BCUT2D eigenvalue weighted by Gasteiger charge is 2.37. The molecule has 0 unspecified atom stereocenters. The summed E-state index contributed by atoms with van der Waals surface area (Å²) in [7, 11) is 1.47. The van der Waals surface area contributed by atoms with E-state index in [0.29, 0.717) is 5.75 Å². The van der Waals surface area contributed by atoms with Crippen LogP contribution in [0.1, 0.15) is 90.8 Å². The van der Waals surface area contributed by atoms with Crippen molar-refractivity contribution in [1.82, 2.24) is 0 Å². The molecule has 0 atom stereocenters. The highest BCUT2D eigenvalue weighted by atomic mass is 16.5. The van der Waals surface area contributed by atoms with Crippen LogP contribution in [0.15, 0.2) is 12.1 Å². The molecular weight excluding hydrogens is 324 g/mol. The van der Waals surface area contributed by atoms with E-state index >= 15 is 0 Å². The molecule has 0 amide bonds. The minimum Gasteiger partial charge on any atom is -0.507 e. The van der Waals surface area contributed by atoms with Crippen molar-refractivity contribution in [3.63, 3.8) is 0 Å². The van der Waals surface area contributed by atoms with E-state index in [1.165, 1.54) is 12.7 Å². The Kier molecular flexibility index (Phi) is 5.52. The van der Waals surface area contributed by atoms with Gasteiger partial charge in [0.25, 0.3) is 0 Å². The standard InChI is InChI=1S/C23H36O3/c1-21(2,3)17-13-16(14-18(19(17)24)22(4,5)6)23(7)11-9-15(10-12-23)20(25)26-8/h13-15,24H,9-12H2,1-8H3/t15-,23+. The van der Waals surface area contributed by atoms with E-state index in [2.05, 4.69) is 60.6 Å². The zero-order chi connectivity index (χ0) is 19.9. The van der Waals surface area contributed by atoms with Gasteiger partial charge in [-0.1, -0.05) is 60.6 Å². The Morgan fingerprint density at radius 3 is 1.81 bits per heavy atom. The average Bonchev–Trinajstić information content (AvgIpc) is 2.52. The fraction of sp³-hybridized carbons (Fsp3) is 0.696. The molecule has 0 aliphatic heterocycles. The fourth-order valence-electron chi connectivity index (χ4n) is 4.07. The number of phenols is 1. The lowest BCUT2D eigenvalue weighted by Gasteiger charge is -2.39. The highest BCUT2D eigenvalue weighted by molar-refractivity contribution is 5.72. The average molecular weight is 361 g/mol. The quantitative estimate of drug-likeness (QED) is 0.697. The van der Waals surface area contributed by atoms with Crippen molar-refractivity contribution in [2.24, 2.45) is 5.92 Å². The number of ether oxygens (including phenoxy) is 1. The van der Waals surface area contributed by atoms with Gasteiger partial charge in [-0.05, 0) is 58.6 Å². The number of carbonyl (C=O) groups excluding carboxylic acids is 1. The first-order valence-electron chi connectivity index (χ1n) is 9.76. The molecule has 1 aromatic carbocycles. The third-order valence-corrected chi connectivity index (χ3v) is 6.05. The lowest BCUT2D eigenvalue weighted by atomic mass is 9.66. The second kappa shape index (κ2) is 6.90. The molecule has 1 aliphatic carbocycles. The Hall–Kier alpha value is -1.51. The van der Waals surface area contributed by atoms with Gasteiger partial charge >= 0.3 is 5.97 Å². The Balaban J connectivity index is 2.48. The van der Waals surface area contributed by atoms with Crippen molar-refractivity contribution >= 4 is 5.97 Å². The molecule has 0 bridgehead atoms. The van der Waals surface area contributed by atoms with Gasteiger partial charge in [-0.3, -0.25) is 4.79 Å². The van der Waals surface area contributed by atoms with Gasteiger partial charge in [0.1, 0.15) is 5.75 Å². The summed E-state index contributed by atoms with van der Waals surface area (Å²) in [5.41, 5.74) is 3.08. The van der Waals surface area contributed by atoms with Crippen molar-refractivity contribution < 1.29 is 14.6 Å². The molecule has 2 rings (SSSR count). The maximum absolute atomic E-state index is 11.9. The largest absolute Gasteiger partial charge is 0.507 e. The lowest BCUT2D eigenvalue weighted by Crippen LogP contribution is -2.33. The van der Waals surface area contributed by atoms with Crippen molar-refractivity contribution in [2.45, 2.75) is 90.4 Å². The molecule has 0 radical (unpaired) electrons. The Labute approximate surface area is 159 Å². The molecule has 0 spiro atoms. The Morgan fingerprint density at radius 1 is 1.04 bits per heavy atom. The van der Waals surface area contributed by atoms with Crippen LogP contribution in [-0.4, -0.2) is 18.2 Å². The predicted octanol–water partition coefficient (Wildman–Crippen LogP) is 5.61. The number of hydrogen-bond acceptors (Lipinski definition) is 3. The van der Waals surface area contributed by atoms with Crippen LogP contribution in [0.25, 0.3) is 0 Å². The van der Waals surface area contributed by atoms with Gasteiger partial charge in [-0.15, -0.1) is 0 Å². The van der Waals surface area contributed by atoms with Crippen LogP contribution >= 0.6 is 0 Å². The minimum absolute atomic E-state index is 0.0226. The van der Waals surface area contributed by atoms with Gasteiger partial charge in [0, 0.05) is 0 Å². The topological polar surface area (TPSA) is 46.5 Å². The molecule has 1 N–H and O–H groups in total. The lowest BCUT2D eigenvalue weighted by molar-refractivity contribution is -0.146. The number of methoxy groups -OCH3 is 1. The monoisotopic (exact) mass is 360 g/mol. The molecule has 0 aromatic heterocycles. The minimum atomic E-state index is -0.125. The second-order valence-corrected chi connectivity index (χ2v) is 10.3. The smallest absolute Gasteiger partial charge is 0.308 e. The summed E-state index contributed by atoms with van der Waals surface area (Å²) in [6.45, 7) is 15.2. The zero-order valence-corrected chi connectivity index (χ0v) is 17.8. The number of phenolic OH excluding ortho intramolecular Hbond substituents is 1. The van der Waals surface area contributed by atoms with E-state index in [0.717, 1.165) is 36.8 Å². The summed E-state index contributed by atoms with van der Waals surface area (Å²) < 4.78 is 4.93. The van der Waals surface area contributed by atoms with Crippen LogP contribution in [0.4, 0.5) is 0 Å². The van der Waals surface area contributed by atoms with Crippen molar-refractivity contribution in [2.75, 3.05) is 7.11 Å². The van der Waals surface area contributed by atoms with E-state index in [9.17, 15) is 9.90 Å². The van der Waals surface area contributed by atoms with Crippen molar-refractivity contribution in [3.8, 4) is 5.75 Å². The van der Waals surface area contributed by atoms with Gasteiger partial charge in [-0.25, -0.2) is 0 Å². The Morgan fingerprint density at radius 2 is 1.46 bits per heavy atom. The van der Waals surface area contributed by atoms with Crippen LogP contribution < -0.4 is 0 Å². The molecule has 1 fully saturated rings. The number of carbonyl (C=O) groups is 1. The number of rotatable bonds is 2. The molecule has 3 heteroatoms. The molecule has 1 aromatic rings. The van der Waals surface area contributed by atoms with E-state index in [1.54, 1.807) is 0 Å². The van der Waals surface area contributed by atoms with Crippen molar-refractivity contribution in [3.05, 3.63) is 28.8 Å². The third-order valence-electron chi connectivity index (χ3n) is 6.05. The number of benzene rings is 1. The summed E-state index contributed by atoms with van der Waals surface area (Å²) in [4.78, 5) is 11.9. The van der Waals surface area contributed by atoms with Crippen LogP contribution in [0.2, 0.25) is 0 Å². The van der Waals surface area contributed by atoms with Crippen molar-refractivity contribution in [1.29, 1.82) is 0 Å². The van der Waals surface area contributed by atoms with Crippen LogP contribution in [0.5, 0.6) is 5.75 Å². The first-order valence-corrected chi connectivity index (χ1v) is 9.76. The van der Waals surface area contributed by atoms with E-state index in [1.807, 2.05) is 0 Å². The molecule has 26 heavy (non-hydrogen) atoms. The SMILES string of the molecule is COC(=O)[C@H]1CC[C@@](C)(c2cc(C(C)(C)C)c(O)c(C(C)(C)C)c2)CC1. The molecule has 0 heterocycles. The van der Waals surface area contributed by atoms with Gasteiger partial charge in [-0.2, -0.15) is 0 Å². The van der Waals surface area contributed by atoms with Gasteiger partial charge in [0.05, 0.1) is 13.0 Å². The normalized spacial score (nSPS) is 24.4. The molecule has 146 valence electrons. The van der Waals surface area contributed by atoms with Gasteiger partial charge < -0.3 is 9.84 Å². The zero-order valence-electron chi connectivity index (χ0n) is 17.8. The Bertz CT molecular complexity index is 631. The maximum atomic E-state index is 11.9. The molecule has 1 saturated carbocycles. The number of esters is 1. The summed E-state index contributed by atoms with van der Waals surface area (Å²) in [5.74, 6) is 0.374. The summed E-state index contributed by atoms with van der Waals surface area (Å²) >= 11 is 0. The van der Waals surface area contributed by atoms with Gasteiger partial charge in [0.15, 0.2) is 0 Å². The number of hydrogen-bond donors (Lipinski definition) is 1. The molecule has 0 saturated heterocycles. The molecule has 3 nitrogen and oxygen atoms in total. The van der Waals surface area contributed by atoms with Gasteiger partial charge in [0.2, 0.25) is 0 Å². The van der Waals surface area contributed by atoms with E-state index < -0.39 is 0 Å². The summed E-state index contributed by atoms with van der Waals surface area (Å²) in [6.07, 6.45) is 3.65. The van der Waals surface area contributed by atoms with E-state index in [4.69, 9.17) is 4.74 Å². The first-order chi connectivity index (χ1) is 11.8. The predicted molar refractivity (Wildman–Crippen MR) is 107 cm³/mol. The van der Waals surface area contributed by atoms with E-state index in [-0.39, 0.29) is 28.1 Å². The van der Waals surface area contributed by atoms with Crippen LogP contribution in [-0.2, 0) is 25.8 Å². The first kappa shape index (κ1) is 20.8. The third kappa shape index (κ3) is 4.07. The highest BCUT2D eigenvalue weighted by Crippen LogP contribution is 2.47. The summed E-state index contributed by atoms with van der Waals surface area (Å²) in [6, 6.07) is 4.39. The molecular formula is C23H36O3. The fourth-order valence-corrected chi connectivity index (χ4v) is 4.07. The summed E-state index contributed by atoms with van der Waals surface area (Å²) in [5, 5.41) is 11.0. The second-order valence-electron chi connectivity index (χ2n) is 10.3. The van der Waals surface area contributed by atoms with Crippen LogP contribution in [0.3, 0.4) is 0 Å². The number of aromatic hydroxyl groups is 1.